The number of hydrogen-bond acceptors (Lipinski definition) is 6. The smallest absolute Gasteiger partial charge is 0.292 e. The Balaban J connectivity index is 1.39. The van der Waals surface area contributed by atoms with Gasteiger partial charge in [-0.25, -0.2) is 0 Å². The molecule has 11 heteroatoms. The molecule has 2 aromatic rings. The van der Waals surface area contributed by atoms with E-state index < -0.39 is 0 Å². The van der Waals surface area contributed by atoms with Crippen LogP contribution in [0.15, 0.2) is 36.4 Å². The van der Waals surface area contributed by atoms with Crippen LogP contribution >= 0.6 is 35.4 Å². The maximum absolute atomic E-state index is 12.5. The lowest BCUT2D eigenvalue weighted by Gasteiger charge is -2.37. The first-order chi connectivity index (χ1) is 16.3. The van der Waals surface area contributed by atoms with Crippen LogP contribution in [0.1, 0.15) is 29.6 Å². The molecule has 180 valence electrons. The largest absolute Gasteiger partial charge is 0.368 e. The Bertz CT molecular complexity index is 1100. The van der Waals surface area contributed by atoms with Crippen molar-refractivity contribution in [1.82, 2.24) is 10.2 Å². The second kappa shape index (κ2) is 10.8. The molecule has 0 aromatic heterocycles. The Morgan fingerprint density at radius 1 is 0.912 bits per heavy atom. The number of halogens is 2. The third-order valence-corrected chi connectivity index (χ3v) is 7.29. The molecule has 0 bridgehead atoms. The van der Waals surface area contributed by atoms with Gasteiger partial charge in [-0.2, -0.15) is 0 Å². The minimum atomic E-state index is -0.340. The minimum absolute atomic E-state index is 0.149. The number of benzene rings is 2. The average molecular weight is 522 g/mol. The fraction of sp³-hybridized carbons (Fsp3) is 0.391. The molecule has 2 aliphatic rings. The quantitative estimate of drug-likeness (QED) is 0.353. The van der Waals surface area contributed by atoms with Crippen molar-refractivity contribution in [3.05, 3.63) is 62.1 Å². The normalized spacial score (nSPS) is 16.4. The van der Waals surface area contributed by atoms with Gasteiger partial charge >= 0.3 is 0 Å². The molecule has 2 aliphatic heterocycles. The van der Waals surface area contributed by atoms with Crippen LogP contribution in [0.25, 0.3) is 0 Å². The first-order valence-corrected chi connectivity index (χ1v) is 12.3. The standard InChI is InChI=1S/C23H25Cl2N5O3S/c24-18-6-4-16(14-19(18)25)22(31)26-23(34)29-12-10-27(11-13-29)17-5-7-20(30(32)33)21(15-17)28-8-2-1-3-9-28/h4-7,14-15H,1-3,8-13H2,(H,26,31,34). The summed E-state index contributed by atoms with van der Waals surface area (Å²) in [5, 5.41) is 15.4. The maximum atomic E-state index is 12.5. The van der Waals surface area contributed by atoms with E-state index in [0.29, 0.717) is 52.6 Å². The highest BCUT2D eigenvalue weighted by molar-refractivity contribution is 7.80. The van der Waals surface area contributed by atoms with Crippen molar-refractivity contribution in [2.24, 2.45) is 0 Å². The lowest BCUT2D eigenvalue weighted by atomic mass is 10.1. The van der Waals surface area contributed by atoms with Gasteiger partial charge in [0.15, 0.2) is 5.11 Å². The molecular formula is C23H25Cl2N5O3S. The van der Waals surface area contributed by atoms with Crippen LogP contribution in [0.2, 0.25) is 10.0 Å². The Kier molecular flexibility index (Phi) is 7.75. The number of nitrogens with one attached hydrogen (secondary N) is 1. The van der Waals surface area contributed by atoms with E-state index in [9.17, 15) is 14.9 Å². The number of nitrogens with zero attached hydrogens (tertiary/aromatic N) is 4. The number of piperazine rings is 1. The van der Waals surface area contributed by atoms with Crippen LogP contribution < -0.4 is 15.1 Å². The van der Waals surface area contributed by atoms with Gasteiger partial charge in [-0.3, -0.25) is 20.2 Å². The molecule has 0 radical (unpaired) electrons. The van der Waals surface area contributed by atoms with Crippen molar-refractivity contribution in [3.63, 3.8) is 0 Å². The molecule has 1 amide bonds. The summed E-state index contributed by atoms with van der Waals surface area (Å²) in [5.74, 6) is -0.340. The highest BCUT2D eigenvalue weighted by Crippen LogP contribution is 2.34. The number of carbonyl (C=O) groups is 1. The number of piperidine rings is 1. The van der Waals surface area contributed by atoms with Crippen molar-refractivity contribution >= 4 is 63.5 Å². The van der Waals surface area contributed by atoms with E-state index >= 15 is 0 Å². The van der Waals surface area contributed by atoms with E-state index in [2.05, 4.69) is 15.1 Å². The molecule has 4 rings (SSSR count). The number of rotatable bonds is 4. The first-order valence-electron chi connectivity index (χ1n) is 11.2. The summed E-state index contributed by atoms with van der Waals surface area (Å²) in [4.78, 5) is 30.1. The number of anilines is 2. The second-order valence-electron chi connectivity index (χ2n) is 8.34. The fourth-order valence-electron chi connectivity index (χ4n) is 4.30. The molecule has 1 N–H and O–H groups in total. The van der Waals surface area contributed by atoms with E-state index in [0.717, 1.165) is 38.0 Å². The van der Waals surface area contributed by atoms with Gasteiger partial charge in [0.05, 0.1) is 15.0 Å². The van der Waals surface area contributed by atoms with Crippen LogP contribution in [-0.4, -0.2) is 60.1 Å². The van der Waals surface area contributed by atoms with Crippen molar-refractivity contribution in [2.75, 3.05) is 49.1 Å². The minimum Gasteiger partial charge on any atom is -0.368 e. The summed E-state index contributed by atoms with van der Waals surface area (Å²) in [6.07, 6.45) is 3.25. The lowest BCUT2D eigenvalue weighted by Crippen LogP contribution is -2.52. The number of carbonyl (C=O) groups excluding carboxylic acids is 1. The molecule has 34 heavy (non-hydrogen) atoms. The molecule has 2 fully saturated rings. The predicted molar refractivity (Wildman–Crippen MR) is 139 cm³/mol. The number of thiocarbonyl (C=S) groups is 1. The van der Waals surface area contributed by atoms with Crippen molar-refractivity contribution < 1.29 is 9.72 Å². The van der Waals surface area contributed by atoms with Crippen molar-refractivity contribution in [2.45, 2.75) is 19.3 Å². The molecule has 0 saturated carbocycles. The summed E-state index contributed by atoms with van der Waals surface area (Å²) in [7, 11) is 0. The number of nitro groups is 1. The third kappa shape index (κ3) is 5.54. The van der Waals surface area contributed by atoms with E-state index in [1.54, 1.807) is 18.2 Å². The van der Waals surface area contributed by atoms with Crippen LogP contribution in [0.5, 0.6) is 0 Å². The Labute approximate surface area is 213 Å². The first kappa shape index (κ1) is 24.5. The maximum Gasteiger partial charge on any atom is 0.292 e. The predicted octanol–water partition coefficient (Wildman–Crippen LogP) is 4.73. The van der Waals surface area contributed by atoms with Crippen LogP contribution in [-0.2, 0) is 0 Å². The van der Waals surface area contributed by atoms with Crippen LogP contribution in [0.3, 0.4) is 0 Å². The van der Waals surface area contributed by atoms with Gasteiger partial charge in [0, 0.05) is 56.6 Å². The van der Waals surface area contributed by atoms with Crippen LogP contribution in [0, 0.1) is 10.1 Å². The lowest BCUT2D eigenvalue weighted by molar-refractivity contribution is -0.384. The molecule has 0 atom stereocenters. The van der Waals surface area contributed by atoms with E-state index in [1.165, 1.54) is 6.07 Å². The van der Waals surface area contributed by atoms with Gasteiger partial charge in [0.1, 0.15) is 5.69 Å². The zero-order valence-corrected chi connectivity index (χ0v) is 20.8. The summed E-state index contributed by atoms with van der Waals surface area (Å²) in [6, 6.07) is 10.0. The van der Waals surface area contributed by atoms with Crippen molar-refractivity contribution in [1.29, 1.82) is 0 Å². The molecule has 2 aromatic carbocycles. The Morgan fingerprint density at radius 2 is 1.62 bits per heavy atom. The summed E-state index contributed by atoms with van der Waals surface area (Å²) >= 11 is 17.4. The molecule has 0 spiro atoms. The van der Waals surface area contributed by atoms with Gasteiger partial charge in [-0.15, -0.1) is 0 Å². The zero-order chi connectivity index (χ0) is 24.2. The topological polar surface area (TPSA) is 82.0 Å². The summed E-state index contributed by atoms with van der Waals surface area (Å²) in [6.45, 7) is 4.28. The van der Waals surface area contributed by atoms with E-state index in [-0.39, 0.29) is 16.5 Å². The molecular weight excluding hydrogens is 497 g/mol. The fourth-order valence-corrected chi connectivity index (χ4v) is 4.88. The van der Waals surface area contributed by atoms with Gasteiger partial charge in [-0.1, -0.05) is 23.2 Å². The SMILES string of the molecule is O=C(NC(=S)N1CCN(c2ccc([N+](=O)[O-])c(N3CCCCC3)c2)CC1)c1ccc(Cl)c(Cl)c1. The van der Waals surface area contributed by atoms with Gasteiger partial charge in [-0.05, 0) is 61.8 Å². The van der Waals surface area contributed by atoms with E-state index in [4.69, 9.17) is 35.4 Å². The molecule has 2 heterocycles. The van der Waals surface area contributed by atoms with Crippen LogP contribution in [0.4, 0.5) is 17.1 Å². The Hall–Kier alpha value is -2.62. The average Bonchev–Trinajstić information content (AvgIpc) is 2.85. The zero-order valence-electron chi connectivity index (χ0n) is 18.5. The number of hydrogen-bond donors (Lipinski definition) is 1. The highest BCUT2D eigenvalue weighted by Gasteiger charge is 2.25. The second-order valence-corrected chi connectivity index (χ2v) is 9.54. The molecule has 2 saturated heterocycles. The molecule has 0 unspecified atom stereocenters. The van der Waals surface area contributed by atoms with Gasteiger partial charge in [0.2, 0.25) is 0 Å². The van der Waals surface area contributed by atoms with E-state index in [1.807, 2.05) is 17.0 Å². The van der Waals surface area contributed by atoms with Gasteiger partial charge in [0.25, 0.3) is 11.6 Å². The highest BCUT2D eigenvalue weighted by atomic mass is 35.5. The summed E-state index contributed by atoms with van der Waals surface area (Å²) < 4.78 is 0. The number of nitro benzene ring substituents is 1. The molecule has 0 aliphatic carbocycles. The van der Waals surface area contributed by atoms with Gasteiger partial charge < -0.3 is 14.7 Å². The summed E-state index contributed by atoms with van der Waals surface area (Å²) in [5.41, 5.74) is 2.17. The number of amides is 1. The monoisotopic (exact) mass is 521 g/mol. The molecule has 8 nitrogen and oxygen atoms in total. The third-order valence-electron chi connectivity index (χ3n) is 6.19. The van der Waals surface area contributed by atoms with Crippen molar-refractivity contribution in [3.8, 4) is 0 Å². The Morgan fingerprint density at radius 3 is 2.26 bits per heavy atom.